The maximum absolute atomic E-state index is 12.4. The number of piperidine rings is 1. The monoisotopic (exact) mass is 360 g/mol. The molecule has 1 amide bonds. The van der Waals surface area contributed by atoms with Crippen molar-refractivity contribution in [2.24, 2.45) is 5.92 Å². The molecule has 9 heteroatoms. The van der Waals surface area contributed by atoms with Gasteiger partial charge in [-0.1, -0.05) is 19.8 Å². The fourth-order valence-corrected chi connectivity index (χ4v) is 3.21. The van der Waals surface area contributed by atoms with E-state index >= 15 is 0 Å². The Balaban J connectivity index is 1.55. The first-order valence-corrected chi connectivity index (χ1v) is 9.03. The molecule has 1 fully saturated rings. The van der Waals surface area contributed by atoms with Crippen LogP contribution in [0.2, 0.25) is 0 Å². The first kappa shape index (κ1) is 18.1. The summed E-state index contributed by atoms with van der Waals surface area (Å²) >= 11 is 0. The Kier molecular flexibility index (Phi) is 5.65. The fraction of sp³-hybridized carbons (Fsp3) is 0.588. The molecule has 0 radical (unpaired) electrons. The molecule has 9 nitrogen and oxygen atoms in total. The van der Waals surface area contributed by atoms with Gasteiger partial charge in [-0.2, -0.15) is 4.52 Å². The number of nitrogens with one attached hydrogen (secondary N) is 1. The lowest BCUT2D eigenvalue weighted by Crippen LogP contribution is -2.46. The van der Waals surface area contributed by atoms with Crippen LogP contribution in [0.4, 0.5) is 5.82 Å². The van der Waals surface area contributed by atoms with E-state index in [2.05, 4.69) is 25.5 Å². The maximum Gasteiger partial charge on any atom is 0.326 e. The van der Waals surface area contributed by atoms with Crippen molar-refractivity contribution in [1.29, 1.82) is 0 Å². The van der Waals surface area contributed by atoms with E-state index in [-0.39, 0.29) is 11.8 Å². The van der Waals surface area contributed by atoms with Gasteiger partial charge in [-0.3, -0.25) is 4.79 Å². The van der Waals surface area contributed by atoms with E-state index in [0.717, 1.165) is 18.7 Å². The van der Waals surface area contributed by atoms with Crippen molar-refractivity contribution >= 4 is 23.3 Å². The van der Waals surface area contributed by atoms with Crippen LogP contribution in [0.15, 0.2) is 18.5 Å². The second-order valence-electron chi connectivity index (χ2n) is 6.63. The van der Waals surface area contributed by atoms with E-state index < -0.39 is 12.0 Å². The van der Waals surface area contributed by atoms with Crippen LogP contribution in [0, 0.1) is 5.92 Å². The average molecular weight is 360 g/mol. The molecular formula is C17H24N6O3. The number of fused-ring (bicyclic) bond motifs is 1. The molecule has 0 aromatic carbocycles. The second-order valence-corrected chi connectivity index (χ2v) is 6.63. The van der Waals surface area contributed by atoms with Gasteiger partial charge in [0.25, 0.3) is 0 Å². The van der Waals surface area contributed by atoms with Crippen LogP contribution >= 0.6 is 0 Å². The molecule has 2 aromatic heterocycles. The molecule has 3 rings (SSSR count). The number of hydrogen-bond donors (Lipinski definition) is 2. The summed E-state index contributed by atoms with van der Waals surface area (Å²) in [4.78, 5) is 25.9. The SMILES string of the molecule is CCCCC(NC(=O)C1CCN(c2ccc3nncn3n2)CC1)C(=O)O. The lowest BCUT2D eigenvalue weighted by atomic mass is 9.95. The molecule has 1 unspecified atom stereocenters. The molecule has 0 bridgehead atoms. The molecule has 2 aromatic rings. The number of rotatable bonds is 7. The Morgan fingerprint density at radius 1 is 1.35 bits per heavy atom. The van der Waals surface area contributed by atoms with Crippen LogP contribution in [0.3, 0.4) is 0 Å². The van der Waals surface area contributed by atoms with Gasteiger partial charge in [0.1, 0.15) is 18.2 Å². The predicted molar refractivity (Wildman–Crippen MR) is 94.8 cm³/mol. The van der Waals surface area contributed by atoms with Gasteiger partial charge in [0.2, 0.25) is 5.91 Å². The van der Waals surface area contributed by atoms with Crippen molar-refractivity contribution in [3.05, 3.63) is 18.5 Å². The highest BCUT2D eigenvalue weighted by molar-refractivity contribution is 5.85. The van der Waals surface area contributed by atoms with E-state index in [1.807, 2.05) is 19.1 Å². The quantitative estimate of drug-likeness (QED) is 0.760. The lowest BCUT2D eigenvalue weighted by Gasteiger charge is -2.32. The molecule has 140 valence electrons. The molecule has 1 atom stereocenters. The zero-order chi connectivity index (χ0) is 18.5. The molecule has 2 N–H and O–H groups in total. The van der Waals surface area contributed by atoms with E-state index in [1.165, 1.54) is 0 Å². The number of anilines is 1. The van der Waals surface area contributed by atoms with Crippen molar-refractivity contribution in [2.75, 3.05) is 18.0 Å². The van der Waals surface area contributed by atoms with Gasteiger partial charge in [0.15, 0.2) is 5.65 Å². The number of carboxylic acids is 1. The molecular weight excluding hydrogens is 336 g/mol. The highest BCUT2D eigenvalue weighted by Crippen LogP contribution is 2.22. The molecule has 0 spiro atoms. The minimum Gasteiger partial charge on any atom is -0.480 e. The van der Waals surface area contributed by atoms with Gasteiger partial charge < -0.3 is 15.3 Å². The third-order valence-electron chi connectivity index (χ3n) is 4.80. The normalized spacial score (nSPS) is 16.6. The summed E-state index contributed by atoms with van der Waals surface area (Å²) in [7, 11) is 0. The van der Waals surface area contributed by atoms with Crippen LogP contribution in [0.1, 0.15) is 39.0 Å². The summed E-state index contributed by atoms with van der Waals surface area (Å²) in [5.41, 5.74) is 0.690. The molecule has 0 aliphatic carbocycles. The van der Waals surface area contributed by atoms with Crippen molar-refractivity contribution in [2.45, 2.75) is 45.1 Å². The third-order valence-corrected chi connectivity index (χ3v) is 4.80. The van der Waals surface area contributed by atoms with Crippen molar-refractivity contribution < 1.29 is 14.7 Å². The number of carbonyl (C=O) groups excluding carboxylic acids is 1. The molecule has 1 aliphatic heterocycles. The molecule has 26 heavy (non-hydrogen) atoms. The smallest absolute Gasteiger partial charge is 0.326 e. The number of carboxylic acid groups (broad SMARTS) is 1. The van der Waals surface area contributed by atoms with Gasteiger partial charge in [0.05, 0.1) is 0 Å². The number of aromatic nitrogens is 4. The van der Waals surface area contributed by atoms with Gasteiger partial charge in [-0.15, -0.1) is 15.3 Å². The van der Waals surface area contributed by atoms with Crippen LogP contribution < -0.4 is 10.2 Å². The number of carbonyl (C=O) groups is 2. The lowest BCUT2D eigenvalue weighted by molar-refractivity contribution is -0.142. The summed E-state index contributed by atoms with van der Waals surface area (Å²) in [5.74, 6) is -0.457. The Morgan fingerprint density at radius 2 is 2.12 bits per heavy atom. The molecule has 0 saturated carbocycles. The Morgan fingerprint density at radius 3 is 2.81 bits per heavy atom. The van der Waals surface area contributed by atoms with E-state index in [4.69, 9.17) is 0 Å². The number of hydrogen-bond acceptors (Lipinski definition) is 6. The van der Waals surface area contributed by atoms with Crippen LogP contribution in [-0.4, -0.2) is 55.9 Å². The van der Waals surface area contributed by atoms with E-state index in [0.29, 0.717) is 38.0 Å². The van der Waals surface area contributed by atoms with Gasteiger partial charge in [0, 0.05) is 19.0 Å². The summed E-state index contributed by atoms with van der Waals surface area (Å²) in [6.45, 7) is 3.40. The van der Waals surface area contributed by atoms with Crippen LogP contribution in [-0.2, 0) is 9.59 Å². The van der Waals surface area contributed by atoms with Crippen LogP contribution in [0.5, 0.6) is 0 Å². The zero-order valence-corrected chi connectivity index (χ0v) is 14.8. The third kappa shape index (κ3) is 4.09. The Bertz CT molecular complexity index is 769. The van der Waals surface area contributed by atoms with Gasteiger partial charge in [-0.25, -0.2) is 4.79 Å². The highest BCUT2D eigenvalue weighted by atomic mass is 16.4. The largest absolute Gasteiger partial charge is 0.480 e. The number of nitrogens with zero attached hydrogens (tertiary/aromatic N) is 5. The molecule has 3 heterocycles. The summed E-state index contributed by atoms with van der Waals surface area (Å²) in [6.07, 6.45) is 5.07. The standard InChI is InChI=1S/C17H24N6O3/c1-2-3-4-13(17(25)26)19-16(24)12-7-9-22(10-8-12)15-6-5-14-20-18-11-23(14)21-15/h5-6,11-13H,2-4,7-10H2,1H3,(H,19,24)(H,25,26). The van der Waals surface area contributed by atoms with E-state index in [9.17, 15) is 14.7 Å². The molecule has 1 aliphatic rings. The average Bonchev–Trinajstić information content (AvgIpc) is 3.12. The highest BCUT2D eigenvalue weighted by Gasteiger charge is 2.28. The predicted octanol–water partition coefficient (Wildman–Crippen LogP) is 1.10. The Labute approximate surface area is 151 Å². The number of aliphatic carboxylic acids is 1. The summed E-state index contributed by atoms with van der Waals surface area (Å²) in [6, 6.07) is 2.97. The van der Waals surface area contributed by atoms with Crippen molar-refractivity contribution in [3.8, 4) is 0 Å². The topological polar surface area (TPSA) is 113 Å². The first-order chi connectivity index (χ1) is 12.6. The first-order valence-electron chi connectivity index (χ1n) is 9.03. The number of amides is 1. The van der Waals surface area contributed by atoms with E-state index in [1.54, 1.807) is 10.8 Å². The van der Waals surface area contributed by atoms with Crippen molar-refractivity contribution in [3.63, 3.8) is 0 Å². The minimum atomic E-state index is -0.962. The van der Waals surface area contributed by atoms with Gasteiger partial charge in [-0.05, 0) is 31.4 Å². The van der Waals surface area contributed by atoms with Gasteiger partial charge >= 0.3 is 5.97 Å². The summed E-state index contributed by atoms with van der Waals surface area (Å²) < 4.78 is 1.62. The minimum absolute atomic E-state index is 0.157. The van der Waals surface area contributed by atoms with Crippen LogP contribution in [0.25, 0.3) is 5.65 Å². The van der Waals surface area contributed by atoms with Crippen molar-refractivity contribution in [1.82, 2.24) is 25.1 Å². The summed E-state index contributed by atoms with van der Waals surface area (Å²) in [5, 5.41) is 24.2. The zero-order valence-electron chi connectivity index (χ0n) is 14.8. The molecule has 1 saturated heterocycles. The maximum atomic E-state index is 12.4. The Hall–Kier alpha value is -2.71. The number of unbranched alkanes of at least 4 members (excludes halogenated alkanes) is 1. The second kappa shape index (κ2) is 8.11. The fourth-order valence-electron chi connectivity index (χ4n) is 3.21.